The Hall–Kier alpha value is -1.51. The summed E-state index contributed by atoms with van der Waals surface area (Å²) >= 11 is 0. The molecule has 0 aromatic heterocycles. The Morgan fingerprint density at radius 2 is 1.84 bits per heavy atom. The van der Waals surface area contributed by atoms with Gasteiger partial charge >= 0.3 is 0 Å². The molecule has 0 bridgehead atoms. The summed E-state index contributed by atoms with van der Waals surface area (Å²) in [7, 11) is 0. The average Bonchev–Trinajstić information content (AvgIpc) is 2.42. The minimum Gasteiger partial charge on any atom is -0.382 e. The van der Waals surface area contributed by atoms with Gasteiger partial charge in [-0.25, -0.2) is 0 Å². The predicted molar refractivity (Wildman–Crippen MR) is 79.2 cm³/mol. The molecule has 3 N–H and O–H groups in total. The van der Waals surface area contributed by atoms with E-state index in [1.807, 2.05) is 12.1 Å². The van der Waals surface area contributed by atoms with Crippen molar-refractivity contribution in [3.63, 3.8) is 0 Å². The Labute approximate surface area is 115 Å². The lowest BCUT2D eigenvalue weighted by Gasteiger charge is -2.29. The molecule has 3 heteroatoms. The molecule has 0 aliphatic heterocycles. The smallest absolute Gasteiger partial charge is 0.248 e. The van der Waals surface area contributed by atoms with Crippen LogP contribution in [-0.4, -0.2) is 11.9 Å². The molecule has 3 nitrogen and oxygen atoms in total. The topological polar surface area (TPSA) is 55.1 Å². The second-order valence-electron chi connectivity index (χ2n) is 5.59. The number of hydrogen-bond acceptors (Lipinski definition) is 2. The molecule has 0 heterocycles. The van der Waals surface area contributed by atoms with Gasteiger partial charge in [-0.15, -0.1) is 0 Å². The summed E-state index contributed by atoms with van der Waals surface area (Å²) in [4.78, 5) is 11.0. The standard InChI is InChI=1S/C16H24N2O/c1-2-3-12-4-8-14(9-5-12)18-15-10-6-13(7-11-15)16(17)19/h6-7,10-12,14,18H,2-5,8-9H2,1H3,(H2,17,19). The number of carbonyl (C=O) groups is 1. The van der Waals surface area contributed by atoms with Crippen molar-refractivity contribution in [2.24, 2.45) is 11.7 Å². The van der Waals surface area contributed by atoms with E-state index in [0.717, 1.165) is 11.6 Å². The van der Waals surface area contributed by atoms with E-state index in [4.69, 9.17) is 5.73 Å². The van der Waals surface area contributed by atoms with Gasteiger partial charge in [-0.05, 0) is 55.9 Å². The van der Waals surface area contributed by atoms with Gasteiger partial charge in [0.05, 0.1) is 0 Å². The number of nitrogens with one attached hydrogen (secondary N) is 1. The lowest BCUT2D eigenvalue weighted by molar-refractivity contribution is 0.100. The summed E-state index contributed by atoms with van der Waals surface area (Å²) in [6.45, 7) is 2.27. The van der Waals surface area contributed by atoms with Crippen LogP contribution in [0.1, 0.15) is 55.8 Å². The highest BCUT2D eigenvalue weighted by Crippen LogP contribution is 2.29. The first-order valence-electron chi connectivity index (χ1n) is 7.35. The van der Waals surface area contributed by atoms with E-state index in [2.05, 4.69) is 12.2 Å². The largest absolute Gasteiger partial charge is 0.382 e. The molecule has 2 rings (SSSR count). The fourth-order valence-electron chi connectivity index (χ4n) is 2.97. The van der Waals surface area contributed by atoms with E-state index in [1.165, 1.54) is 38.5 Å². The summed E-state index contributed by atoms with van der Waals surface area (Å²) < 4.78 is 0. The van der Waals surface area contributed by atoms with Gasteiger partial charge in [0.15, 0.2) is 0 Å². The first-order valence-corrected chi connectivity index (χ1v) is 7.35. The summed E-state index contributed by atoms with van der Waals surface area (Å²) in [6, 6.07) is 8.03. The number of amides is 1. The normalized spacial score (nSPS) is 23.0. The molecular weight excluding hydrogens is 236 g/mol. The summed E-state index contributed by atoms with van der Waals surface area (Å²) in [6.07, 6.45) is 7.86. The van der Waals surface area contributed by atoms with Crippen molar-refractivity contribution in [2.45, 2.75) is 51.5 Å². The number of nitrogens with two attached hydrogens (primary N) is 1. The number of carbonyl (C=O) groups excluding carboxylic acids is 1. The highest BCUT2D eigenvalue weighted by molar-refractivity contribution is 5.93. The van der Waals surface area contributed by atoms with Crippen LogP contribution in [0.25, 0.3) is 0 Å². The van der Waals surface area contributed by atoms with Gasteiger partial charge in [-0.1, -0.05) is 19.8 Å². The van der Waals surface area contributed by atoms with Crippen LogP contribution >= 0.6 is 0 Å². The molecule has 1 aliphatic carbocycles. The molecule has 1 amide bonds. The van der Waals surface area contributed by atoms with Gasteiger partial charge in [-0.3, -0.25) is 4.79 Å². The van der Waals surface area contributed by atoms with Crippen molar-refractivity contribution < 1.29 is 4.79 Å². The molecule has 19 heavy (non-hydrogen) atoms. The van der Waals surface area contributed by atoms with Crippen LogP contribution in [0, 0.1) is 5.92 Å². The van der Waals surface area contributed by atoms with E-state index in [-0.39, 0.29) is 5.91 Å². The number of benzene rings is 1. The van der Waals surface area contributed by atoms with Crippen LogP contribution in [0.2, 0.25) is 0 Å². The Bertz CT molecular complexity index is 405. The zero-order valence-electron chi connectivity index (χ0n) is 11.7. The lowest BCUT2D eigenvalue weighted by Crippen LogP contribution is -2.26. The molecule has 1 aliphatic rings. The molecule has 0 radical (unpaired) electrons. The molecular formula is C16H24N2O. The maximum atomic E-state index is 11.0. The highest BCUT2D eigenvalue weighted by atomic mass is 16.1. The molecule has 0 saturated heterocycles. The summed E-state index contributed by atoms with van der Waals surface area (Å²) in [5.41, 5.74) is 6.89. The predicted octanol–water partition coefficient (Wildman–Crippen LogP) is 3.56. The first kappa shape index (κ1) is 13.9. The third-order valence-electron chi connectivity index (χ3n) is 4.08. The SMILES string of the molecule is CCCC1CCC(Nc2ccc(C(N)=O)cc2)CC1. The van der Waals surface area contributed by atoms with Crippen LogP contribution in [0.3, 0.4) is 0 Å². The van der Waals surface area contributed by atoms with Gasteiger partial charge in [0.2, 0.25) is 5.91 Å². The second-order valence-corrected chi connectivity index (χ2v) is 5.59. The minimum absolute atomic E-state index is 0.369. The number of rotatable bonds is 5. The van der Waals surface area contributed by atoms with Crippen molar-refractivity contribution >= 4 is 11.6 Å². The first-order chi connectivity index (χ1) is 9.19. The van der Waals surface area contributed by atoms with E-state index in [0.29, 0.717) is 11.6 Å². The van der Waals surface area contributed by atoms with Crippen LogP contribution in [0.5, 0.6) is 0 Å². The summed E-state index contributed by atoms with van der Waals surface area (Å²) in [5.74, 6) is 0.562. The van der Waals surface area contributed by atoms with E-state index in [1.54, 1.807) is 12.1 Å². The highest BCUT2D eigenvalue weighted by Gasteiger charge is 2.20. The van der Waals surface area contributed by atoms with Gasteiger partial charge in [0.25, 0.3) is 0 Å². The molecule has 1 fully saturated rings. The molecule has 0 spiro atoms. The zero-order chi connectivity index (χ0) is 13.7. The van der Waals surface area contributed by atoms with Crippen molar-refractivity contribution in [1.82, 2.24) is 0 Å². The van der Waals surface area contributed by atoms with Crippen LogP contribution in [-0.2, 0) is 0 Å². The molecule has 104 valence electrons. The Morgan fingerprint density at radius 3 is 2.37 bits per heavy atom. The quantitative estimate of drug-likeness (QED) is 0.850. The van der Waals surface area contributed by atoms with Crippen LogP contribution in [0.4, 0.5) is 5.69 Å². The van der Waals surface area contributed by atoms with E-state index < -0.39 is 0 Å². The van der Waals surface area contributed by atoms with Crippen LogP contribution in [0.15, 0.2) is 24.3 Å². The van der Waals surface area contributed by atoms with E-state index >= 15 is 0 Å². The average molecular weight is 260 g/mol. The number of primary amides is 1. The van der Waals surface area contributed by atoms with Crippen molar-refractivity contribution in [3.05, 3.63) is 29.8 Å². The lowest BCUT2D eigenvalue weighted by atomic mass is 9.83. The van der Waals surface area contributed by atoms with Crippen LogP contribution < -0.4 is 11.1 Å². The third kappa shape index (κ3) is 3.98. The number of hydrogen-bond donors (Lipinski definition) is 2. The molecule has 1 saturated carbocycles. The van der Waals surface area contributed by atoms with Gasteiger partial charge in [0, 0.05) is 17.3 Å². The molecule has 0 unspecified atom stereocenters. The second kappa shape index (κ2) is 6.60. The Kier molecular flexibility index (Phi) is 4.83. The van der Waals surface area contributed by atoms with E-state index in [9.17, 15) is 4.79 Å². The summed E-state index contributed by atoms with van der Waals surface area (Å²) in [5, 5.41) is 3.56. The third-order valence-corrected chi connectivity index (χ3v) is 4.08. The fourth-order valence-corrected chi connectivity index (χ4v) is 2.97. The Balaban J connectivity index is 1.83. The number of anilines is 1. The van der Waals surface area contributed by atoms with Crippen molar-refractivity contribution in [3.8, 4) is 0 Å². The van der Waals surface area contributed by atoms with Gasteiger partial charge in [-0.2, -0.15) is 0 Å². The minimum atomic E-state index is -0.369. The monoisotopic (exact) mass is 260 g/mol. The maximum Gasteiger partial charge on any atom is 0.248 e. The van der Waals surface area contributed by atoms with Crippen molar-refractivity contribution in [2.75, 3.05) is 5.32 Å². The van der Waals surface area contributed by atoms with Gasteiger partial charge < -0.3 is 11.1 Å². The van der Waals surface area contributed by atoms with Gasteiger partial charge in [0.1, 0.15) is 0 Å². The fraction of sp³-hybridized carbons (Fsp3) is 0.562. The molecule has 1 aromatic rings. The molecule has 0 atom stereocenters. The zero-order valence-corrected chi connectivity index (χ0v) is 11.7. The Morgan fingerprint density at radius 1 is 1.21 bits per heavy atom. The molecule has 1 aromatic carbocycles. The maximum absolute atomic E-state index is 11.0. The van der Waals surface area contributed by atoms with Crippen molar-refractivity contribution in [1.29, 1.82) is 0 Å².